The Morgan fingerprint density at radius 1 is 1.09 bits per heavy atom. The maximum Gasteiger partial charge on any atom is 0.206 e. The monoisotopic (exact) mass is 325 g/mol. The van der Waals surface area contributed by atoms with Gasteiger partial charge in [0.25, 0.3) is 0 Å². The molecule has 1 unspecified atom stereocenters. The van der Waals surface area contributed by atoms with Gasteiger partial charge in [-0.2, -0.15) is 5.10 Å². The normalized spacial score (nSPS) is 12.0. The molecule has 0 aliphatic carbocycles. The van der Waals surface area contributed by atoms with E-state index in [2.05, 4.69) is 10.1 Å². The number of thiophene rings is 1. The smallest absolute Gasteiger partial charge is 0.206 e. The van der Waals surface area contributed by atoms with Gasteiger partial charge in [-0.1, -0.05) is 0 Å². The average molecular weight is 325 g/mol. The average Bonchev–Trinajstić information content (AvgIpc) is 3.12. The predicted octanol–water partition coefficient (Wildman–Crippen LogP) is 4.17. The molecule has 0 aliphatic rings. The van der Waals surface area contributed by atoms with Gasteiger partial charge in [0.15, 0.2) is 0 Å². The first-order valence-corrected chi connectivity index (χ1v) is 8.22. The molecule has 0 radical (unpaired) electrons. The summed E-state index contributed by atoms with van der Waals surface area (Å²) in [7, 11) is 0.618. The van der Waals surface area contributed by atoms with Crippen LogP contribution >= 0.6 is 10.8 Å². The molecule has 1 atom stereocenters. The van der Waals surface area contributed by atoms with Crippen molar-refractivity contribution in [3.63, 3.8) is 0 Å². The second-order valence-corrected chi connectivity index (χ2v) is 6.52. The Bertz CT molecular complexity index is 1000. The molecule has 114 valence electrons. The summed E-state index contributed by atoms with van der Waals surface area (Å²) in [6.07, 6.45) is 3.58. The molecule has 0 spiro atoms. The minimum absolute atomic E-state index is 0.290. The van der Waals surface area contributed by atoms with Crippen LogP contribution in [0.15, 0.2) is 54.2 Å². The summed E-state index contributed by atoms with van der Waals surface area (Å²) >= 11 is 0. The van der Waals surface area contributed by atoms with E-state index in [9.17, 15) is 8.94 Å². The van der Waals surface area contributed by atoms with Crippen LogP contribution in [0.4, 0.5) is 4.39 Å². The number of benzene rings is 1. The van der Waals surface area contributed by atoms with Crippen LogP contribution in [0.2, 0.25) is 0 Å². The van der Waals surface area contributed by atoms with Crippen molar-refractivity contribution in [2.75, 3.05) is 0 Å². The zero-order chi connectivity index (χ0) is 16.0. The van der Waals surface area contributed by atoms with E-state index in [0.29, 0.717) is 4.70 Å². The SMILES string of the molecule is Cn1cc(-c2ccnc3cc[s+]([O-])c23)c(-c2ccc(F)cc2)n1. The van der Waals surface area contributed by atoms with Gasteiger partial charge in [-0.3, -0.25) is 9.67 Å². The third kappa shape index (κ3) is 2.32. The van der Waals surface area contributed by atoms with Gasteiger partial charge in [0.1, 0.15) is 22.4 Å². The number of pyridine rings is 1. The van der Waals surface area contributed by atoms with Crippen LogP contribution in [0.5, 0.6) is 0 Å². The second kappa shape index (κ2) is 5.26. The van der Waals surface area contributed by atoms with E-state index in [1.54, 1.807) is 34.5 Å². The molecule has 3 aromatic heterocycles. The van der Waals surface area contributed by atoms with E-state index < -0.39 is 10.8 Å². The molecule has 0 saturated carbocycles. The van der Waals surface area contributed by atoms with Crippen molar-refractivity contribution in [2.45, 2.75) is 0 Å². The maximum atomic E-state index is 13.2. The highest BCUT2D eigenvalue weighted by Gasteiger charge is 2.19. The van der Waals surface area contributed by atoms with Crippen LogP contribution in [-0.4, -0.2) is 19.3 Å². The largest absolute Gasteiger partial charge is 0.590 e. The number of hydrogen-bond acceptors (Lipinski definition) is 3. The highest BCUT2D eigenvalue weighted by molar-refractivity contribution is 7.30. The topological polar surface area (TPSA) is 53.8 Å². The highest BCUT2D eigenvalue weighted by atomic mass is 32.2. The fourth-order valence-electron chi connectivity index (χ4n) is 2.71. The summed E-state index contributed by atoms with van der Waals surface area (Å²) in [5.41, 5.74) is 3.95. The number of fused-ring (bicyclic) bond motifs is 1. The second-order valence-electron chi connectivity index (χ2n) is 5.24. The van der Waals surface area contributed by atoms with E-state index in [1.807, 2.05) is 19.3 Å². The Kier molecular flexibility index (Phi) is 3.21. The molecule has 0 bridgehead atoms. The molecule has 0 N–H and O–H groups in total. The van der Waals surface area contributed by atoms with Gasteiger partial charge in [0, 0.05) is 42.2 Å². The van der Waals surface area contributed by atoms with E-state index in [1.165, 1.54) is 12.1 Å². The molecule has 0 aliphatic heterocycles. The quantitative estimate of drug-likeness (QED) is 0.520. The number of aromatic nitrogens is 3. The lowest BCUT2D eigenvalue weighted by Crippen LogP contribution is -1.88. The third-order valence-corrected chi connectivity index (χ3v) is 4.93. The van der Waals surface area contributed by atoms with E-state index in [-0.39, 0.29) is 5.82 Å². The molecule has 6 heteroatoms. The van der Waals surface area contributed by atoms with Crippen LogP contribution in [0.1, 0.15) is 0 Å². The van der Waals surface area contributed by atoms with Crippen molar-refractivity contribution in [2.24, 2.45) is 7.05 Å². The first kappa shape index (κ1) is 14.0. The molecule has 0 saturated heterocycles. The van der Waals surface area contributed by atoms with Crippen molar-refractivity contribution < 1.29 is 8.94 Å². The van der Waals surface area contributed by atoms with Crippen molar-refractivity contribution in [1.82, 2.24) is 14.8 Å². The van der Waals surface area contributed by atoms with Gasteiger partial charge >= 0.3 is 0 Å². The molecule has 4 aromatic rings. The molecular formula is C17H12FN3OS. The number of halogens is 1. The summed E-state index contributed by atoms with van der Waals surface area (Å²) in [6.45, 7) is 0. The molecule has 0 fully saturated rings. The van der Waals surface area contributed by atoms with Crippen LogP contribution in [-0.2, 0) is 7.05 Å². The first-order chi connectivity index (χ1) is 11.1. The van der Waals surface area contributed by atoms with Crippen molar-refractivity contribution in [1.29, 1.82) is 0 Å². The molecule has 3 heterocycles. The van der Waals surface area contributed by atoms with Crippen molar-refractivity contribution >= 4 is 21.0 Å². The number of rotatable bonds is 2. The first-order valence-electron chi connectivity index (χ1n) is 7.01. The summed E-state index contributed by atoms with van der Waals surface area (Å²) in [5.74, 6) is -0.290. The van der Waals surface area contributed by atoms with Gasteiger partial charge < -0.3 is 4.55 Å². The Balaban J connectivity index is 1.99. The maximum absolute atomic E-state index is 13.2. The Hall–Kier alpha value is -2.57. The fourth-order valence-corrected chi connectivity index (χ4v) is 3.82. The Morgan fingerprint density at radius 2 is 1.87 bits per heavy atom. The fraction of sp³-hybridized carbons (Fsp3) is 0.0588. The predicted molar refractivity (Wildman–Crippen MR) is 88.0 cm³/mol. The lowest BCUT2D eigenvalue weighted by Gasteiger charge is -2.03. The zero-order valence-electron chi connectivity index (χ0n) is 12.2. The van der Waals surface area contributed by atoms with Crippen molar-refractivity contribution in [3.8, 4) is 22.4 Å². The van der Waals surface area contributed by atoms with Crippen molar-refractivity contribution in [3.05, 3.63) is 60.0 Å². The summed E-state index contributed by atoms with van der Waals surface area (Å²) in [6, 6.07) is 9.81. The molecule has 23 heavy (non-hydrogen) atoms. The highest BCUT2D eigenvalue weighted by Crippen LogP contribution is 2.39. The van der Waals surface area contributed by atoms with Crippen LogP contribution in [0, 0.1) is 5.82 Å². The van der Waals surface area contributed by atoms with Gasteiger partial charge in [0.2, 0.25) is 4.70 Å². The summed E-state index contributed by atoms with van der Waals surface area (Å²) < 4.78 is 27.8. The van der Waals surface area contributed by atoms with Gasteiger partial charge in [-0.05, 0) is 41.1 Å². The Labute approximate surface area is 134 Å². The summed E-state index contributed by atoms with van der Waals surface area (Å²) in [4.78, 5) is 4.26. The lowest BCUT2D eigenvalue weighted by molar-refractivity contribution is 0.600. The molecule has 4 rings (SSSR count). The number of nitrogens with zero attached hydrogens (tertiary/aromatic N) is 3. The zero-order valence-corrected chi connectivity index (χ0v) is 13.0. The molecule has 0 amide bonds. The van der Waals surface area contributed by atoms with E-state index >= 15 is 0 Å². The number of hydrogen-bond donors (Lipinski definition) is 0. The molecule has 1 aromatic carbocycles. The standard InChI is InChI=1S/C17H12FN3OS/c1-21-10-14(16(20-21)11-2-4-12(18)5-3-11)13-6-8-19-15-7-9-23(22)17(13)15/h2-10H,1H3. The summed E-state index contributed by atoms with van der Waals surface area (Å²) in [5, 5.41) is 6.13. The van der Waals surface area contributed by atoms with E-state index in [4.69, 9.17) is 0 Å². The van der Waals surface area contributed by atoms with Gasteiger partial charge in [-0.15, -0.1) is 0 Å². The van der Waals surface area contributed by atoms with Crippen LogP contribution in [0.25, 0.3) is 32.6 Å². The minimum atomic E-state index is -1.21. The van der Waals surface area contributed by atoms with E-state index in [0.717, 1.165) is 27.9 Å². The third-order valence-electron chi connectivity index (χ3n) is 3.72. The molecular weight excluding hydrogens is 313 g/mol. The Morgan fingerprint density at radius 3 is 2.65 bits per heavy atom. The van der Waals surface area contributed by atoms with Crippen LogP contribution in [0.3, 0.4) is 0 Å². The van der Waals surface area contributed by atoms with Crippen LogP contribution < -0.4 is 0 Å². The lowest BCUT2D eigenvalue weighted by atomic mass is 10.0. The minimum Gasteiger partial charge on any atom is -0.590 e. The van der Waals surface area contributed by atoms with Gasteiger partial charge in [-0.25, -0.2) is 4.39 Å². The number of aryl methyl sites for hydroxylation is 1. The molecule has 4 nitrogen and oxygen atoms in total. The van der Waals surface area contributed by atoms with Gasteiger partial charge in [0.05, 0.1) is 0 Å².